The summed E-state index contributed by atoms with van der Waals surface area (Å²) in [4.78, 5) is 33.7. The van der Waals surface area contributed by atoms with E-state index in [4.69, 9.17) is 14.5 Å². The molecule has 0 radical (unpaired) electrons. The number of Topliss-reactive ketones (excluding diaryl/α,β-unsaturated/α-hetero) is 1. The molecule has 1 saturated heterocycles. The van der Waals surface area contributed by atoms with E-state index in [9.17, 15) is 9.59 Å². The fourth-order valence-electron chi connectivity index (χ4n) is 6.95. The lowest BCUT2D eigenvalue weighted by Crippen LogP contribution is -2.49. The van der Waals surface area contributed by atoms with Gasteiger partial charge in [0.25, 0.3) is 0 Å². The number of allylic oxidation sites excluding steroid dienone is 1. The molecule has 8 heteroatoms. The number of ketones is 1. The van der Waals surface area contributed by atoms with Crippen molar-refractivity contribution in [2.24, 2.45) is 28.2 Å². The molecule has 1 spiro atoms. The smallest absolute Gasteiger partial charge is 0.228 e. The molecule has 216 valence electrons. The van der Waals surface area contributed by atoms with E-state index in [-0.39, 0.29) is 28.9 Å². The maximum Gasteiger partial charge on any atom is 0.228 e. The van der Waals surface area contributed by atoms with Gasteiger partial charge in [-0.05, 0) is 70.2 Å². The highest BCUT2D eigenvalue weighted by Crippen LogP contribution is 2.67. The Morgan fingerprint density at radius 2 is 1.95 bits per heavy atom. The van der Waals surface area contributed by atoms with Crippen LogP contribution in [0.4, 0.5) is 0 Å². The standard InChI is InChI=1S/C32H43N3O4S/c1-9-25(39-30(5,6)7)35(21(4)36)32-20(3)26(32)28(33-17-22-10-12-24(38-8)13-11-22)27-29(34-32)40-18-23(37)16-31(27)15-14-19(31)2/h9-13,19-20,26,33H,14-18H2,1-8H3. The Morgan fingerprint density at radius 1 is 1.25 bits per heavy atom. The molecule has 2 aliphatic heterocycles. The van der Waals surface area contributed by atoms with Crippen molar-refractivity contribution in [1.29, 1.82) is 0 Å². The number of amides is 1. The third kappa shape index (κ3) is 4.66. The van der Waals surface area contributed by atoms with E-state index in [2.05, 4.69) is 31.3 Å². The zero-order chi connectivity index (χ0) is 29.0. The number of methoxy groups -OCH3 is 1. The average molecular weight is 566 g/mol. The van der Waals surface area contributed by atoms with Crippen molar-refractivity contribution >= 4 is 28.5 Å². The molecule has 5 rings (SSSR count). The first-order chi connectivity index (χ1) is 18.9. The normalized spacial score (nSPS) is 31.4. The summed E-state index contributed by atoms with van der Waals surface area (Å²) in [5.41, 5.74) is 2.00. The second kappa shape index (κ2) is 10.3. The van der Waals surface area contributed by atoms with Crippen molar-refractivity contribution < 1.29 is 19.1 Å². The van der Waals surface area contributed by atoms with E-state index in [0.29, 0.717) is 30.5 Å². The predicted octanol–water partition coefficient (Wildman–Crippen LogP) is 6.06. The number of carbonyl (C=O) groups is 2. The minimum Gasteiger partial charge on any atom is -0.497 e. The van der Waals surface area contributed by atoms with Crippen molar-refractivity contribution in [3.8, 4) is 5.75 Å². The van der Waals surface area contributed by atoms with E-state index >= 15 is 0 Å². The number of aliphatic imine (C=N–C) groups is 1. The topological polar surface area (TPSA) is 80.2 Å². The Labute approximate surface area is 242 Å². The molecule has 0 aromatic heterocycles. The Balaban J connectivity index is 1.63. The number of nitrogens with zero attached hydrogens (tertiary/aromatic N) is 2. The third-order valence-corrected chi connectivity index (χ3v) is 10.2. The van der Waals surface area contributed by atoms with Gasteiger partial charge in [-0.25, -0.2) is 4.99 Å². The van der Waals surface area contributed by atoms with Crippen LogP contribution in [0, 0.1) is 23.2 Å². The summed E-state index contributed by atoms with van der Waals surface area (Å²) in [7, 11) is 1.67. The molecular formula is C32H43N3O4S. The van der Waals surface area contributed by atoms with Crippen LogP contribution in [0.5, 0.6) is 5.75 Å². The minimum absolute atomic E-state index is 0.0228. The van der Waals surface area contributed by atoms with Crippen molar-refractivity contribution in [1.82, 2.24) is 10.2 Å². The fraction of sp³-hybridized carbons (Fsp3) is 0.594. The van der Waals surface area contributed by atoms with Crippen molar-refractivity contribution in [2.45, 2.75) is 85.5 Å². The van der Waals surface area contributed by atoms with E-state index in [0.717, 1.165) is 34.9 Å². The van der Waals surface area contributed by atoms with Crippen molar-refractivity contribution in [3.63, 3.8) is 0 Å². The first-order valence-electron chi connectivity index (χ1n) is 14.4. The third-order valence-electron chi connectivity index (χ3n) is 9.13. The van der Waals surface area contributed by atoms with Crippen LogP contribution in [0.2, 0.25) is 0 Å². The molecule has 1 aromatic carbocycles. The summed E-state index contributed by atoms with van der Waals surface area (Å²) >= 11 is 1.54. The van der Waals surface area contributed by atoms with Crippen LogP contribution in [0.1, 0.15) is 73.3 Å². The first-order valence-corrected chi connectivity index (χ1v) is 15.4. The SMILES string of the molecule is CC=C(OC(C)(C)C)N(C(C)=O)C12N=C3SCC(=O)CC4(CCC4C)C3=C(NCc3ccc(OC)cc3)C1C2C. The lowest BCUT2D eigenvalue weighted by molar-refractivity contribution is -0.135. The van der Waals surface area contributed by atoms with Gasteiger partial charge in [0.15, 0.2) is 11.5 Å². The number of hydrogen-bond donors (Lipinski definition) is 1. The van der Waals surface area contributed by atoms with Gasteiger partial charge in [0.1, 0.15) is 17.1 Å². The quantitative estimate of drug-likeness (QED) is 0.405. The summed E-state index contributed by atoms with van der Waals surface area (Å²) in [6, 6.07) is 8.09. The molecule has 2 heterocycles. The van der Waals surface area contributed by atoms with Crippen LogP contribution >= 0.6 is 11.8 Å². The number of thioether (sulfide) groups is 1. The highest BCUT2D eigenvalue weighted by Gasteiger charge is 2.73. The Kier molecular flexibility index (Phi) is 7.39. The number of carbonyl (C=O) groups excluding carboxylic acids is 2. The highest BCUT2D eigenvalue weighted by atomic mass is 32.2. The van der Waals surface area contributed by atoms with Gasteiger partial charge in [-0.15, -0.1) is 0 Å². The number of hydrogen-bond acceptors (Lipinski definition) is 7. The predicted molar refractivity (Wildman–Crippen MR) is 160 cm³/mol. The van der Waals surface area contributed by atoms with Gasteiger partial charge in [-0.3, -0.25) is 14.5 Å². The highest BCUT2D eigenvalue weighted by molar-refractivity contribution is 8.15. The molecule has 4 aliphatic rings. The van der Waals surface area contributed by atoms with Crippen LogP contribution in [-0.4, -0.2) is 45.8 Å². The van der Waals surface area contributed by atoms with E-state index in [1.165, 1.54) is 5.57 Å². The Hall–Kier alpha value is -2.74. The van der Waals surface area contributed by atoms with Crippen LogP contribution in [0.3, 0.4) is 0 Å². The number of ether oxygens (including phenoxy) is 2. The van der Waals surface area contributed by atoms with E-state index in [1.807, 2.05) is 45.9 Å². The number of rotatable bonds is 7. The first kappa shape index (κ1) is 28.8. The van der Waals surface area contributed by atoms with E-state index < -0.39 is 11.3 Å². The van der Waals surface area contributed by atoms with Gasteiger partial charge in [-0.1, -0.05) is 37.7 Å². The summed E-state index contributed by atoms with van der Waals surface area (Å²) in [6.45, 7) is 14.5. The molecule has 1 amide bonds. The zero-order valence-corrected chi connectivity index (χ0v) is 25.9. The maximum atomic E-state index is 13.4. The Morgan fingerprint density at radius 3 is 2.48 bits per heavy atom. The number of nitrogens with one attached hydrogen (secondary N) is 1. The second-order valence-electron chi connectivity index (χ2n) is 12.8. The molecule has 2 saturated carbocycles. The maximum absolute atomic E-state index is 13.4. The Bertz CT molecular complexity index is 1290. The van der Waals surface area contributed by atoms with Crippen molar-refractivity contribution in [3.05, 3.63) is 53.1 Å². The molecule has 40 heavy (non-hydrogen) atoms. The van der Waals surface area contributed by atoms with Gasteiger partial charge in [0.05, 0.1) is 23.8 Å². The number of fused-ring (bicyclic) bond motifs is 3. The summed E-state index contributed by atoms with van der Waals surface area (Å²) in [5, 5.41) is 4.75. The molecule has 1 aromatic rings. The zero-order valence-electron chi connectivity index (χ0n) is 25.1. The van der Waals surface area contributed by atoms with Gasteiger partial charge in [-0.2, -0.15) is 0 Å². The fourth-order valence-corrected chi connectivity index (χ4v) is 8.02. The van der Waals surface area contributed by atoms with Gasteiger partial charge in [0, 0.05) is 42.5 Å². The lowest BCUT2D eigenvalue weighted by Gasteiger charge is -2.51. The average Bonchev–Trinajstić information content (AvgIpc) is 3.54. The lowest BCUT2D eigenvalue weighted by atomic mass is 9.54. The minimum atomic E-state index is -0.797. The molecule has 2 aliphatic carbocycles. The molecule has 7 nitrogen and oxygen atoms in total. The molecule has 3 fully saturated rings. The van der Waals surface area contributed by atoms with Crippen LogP contribution < -0.4 is 10.1 Å². The van der Waals surface area contributed by atoms with Gasteiger partial charge < -0.3 is 14.8 Å². The molecule has 5 atom stereocenters. The van der Waals surface area contributed by atoms with Crippen molar-refractivity contribution in [2.75, 3.05) is 12.9 Å². The van der Waals surface area contributed by atoms with Crippen LogP contribution in [-0.2, 0) is 20.9 Å². The molecule has 5 unspecified atom stereocenters. The summed E-state index contributed by atoms with van der Waals surface area (Å²) in [6.07, 6.45) is 4.52. The van der Waals surface area contributed by atoms with E-state index in [1.54, 1.807) is 30.7 Å². The largest absolute Gasteiger partial charge is 0.497 e. The summed E-state index contributed by atoms with van der Waals surface area (Å²) in [5.74, 6) is 2.38. The van der Waals surface area contributed by atoms with Gasteiger partial charge >= 0.3 is 0 Å². The number of dihydropyridines is 1. The molecule has 0 bridgehead atoms. The molecule has 1 N–H and O–H groups in total. The second-order valence-corrected chi connectivity index (χ2v) is 13.7. The van der Waals surface area contributed by atoms with Crippen LogP contribution in [0.15, 0.2) is 52.5 Å². The molecular weight excluding hydrogens is 522 g/mol. The number of benzene rings is 1. The monoisotopic (exact) mass is 565 g/mol. The van der Waals surface area contributed by atoms with Crippen LogP contribution in [0.25, 0.3) is 0 Å². The summed E-state index contributed by atoms with van der Waals surface area (Å²) < 4.78 is 11.7. The van der Waals surface area contributed by atoms with Gasteiger partial charge in [0.2, 0.25) is 5.91 Å².